The van der Waals surface area contributed by atoms with E-state index in [2.05, 4.69) is 5.43 Å². The van der Waals surface area contributed by atoms with Crippen molar-refractivity contribution in [1.82, 2.24) is 10.4 Å². The Kier molecular flexibility index (Phi) is 5.03. The van der Waals surface area contributed by atoms with Crippen molar-refractivity contribution in [1.29, 1.82) is 0 Å². The summed E-state index contributed by atoms with van der Waals surface area (Å²) in [6, 6.07) is 24.3. The summed E-state index contributed by atoms with van der Waals surface area (Å²) in [5.74, 6) is -0.436. The van der Waals surface area contributed by atoms with E-state index in [1.54, 1.807) is 29.3 Å². The van der Waals surface area contributed by atoms with Crippen LogP contribution >= 0.6 is 7.92 Å². The Morgan fingerprint density at radius 3 is 1.96 bits per heavy atom. The van der Waals surface area contributed by atoms with Crippen LogP contribution in [0.15, 0.2) is 78.9 Å². The summed E-state index contributed by atoms with van der Waals surface area (Å²) >= 11 is 0. The zero-order chi connectivity index (χ0) is 19.7. The molecule has 0 saturated carbocycles. The molecule has 3 aromatic rings. The number of hydrogen-bond acceptors (Lipinski definition) is 4. The summed E-state index contributed by atoms with van der Waals surface area (Å²) in [7, 11) is -1.05. The standard InChI is InChI=1S/C22H21N2O3P/c1-15(25)24-22(18-12-6-8-14-20(18)27)28(16-9-3-2-4-10-16)21(23-24)17-11-5-7-13-19(17)26/h2-14,21-23,26-27H,1H3. The number of hydrogen-bond donors (Lipinski definition) is 3. The fraction of sp³-hybridized carbons (Fsp3) is 0.136. The molecule has 1 aliphatic heterocycles. The lowest BCUT2D eigenvalue weighted by atomic mass is 10.2. The molecular weight excluding hydrogens is 371 g/mol. The molecule has 0 aliphatic carbocycles. The first-order chi connectivity index (χ1) is 13.6. The third kappa shape index (κ3) is 3.24. The van der Waals surface area contributed by atoms with Crippen LogP contribution in [0.1, 0.15) is 29.6 Å². The number of benzene rings is 3. The molecule has 3 unspecified atom stereocenters. The SMILES string of the molecule is CC(=O)N1NC(c2ccccc2O)P(c2ccccc2)C1c1ccccc1O. The van der Waals surface area contributed by atoms with E-state index in [1.165, 1.54) is 6.92 Å². The van der Waals surface area contributed by atoms with Gasteiger partial charge in [0, 0.05) is 18.1 Å². The Morgan fingerprint density at radius 1 is 0.857 bits per heavy atom. The maximum Gasteiger partial charge on any atom is 0.234 e. The van der Waals surface area contributed by atoms with Gasteiger partial charge in [0.25, 0.3) is 0 Å². The van der Waals surface area contributed by atoms with E-state index in [0.29, 0.717) is 5.56 Å². The quantitative estimate of drug-likeness (QED) is 0.590. The van der Waals surface area contributed by atoms with Gasteiger partial charge in [-0.1, -0.05) is 66.7 Å². The van der Waals surface area contributed by atoms with E-state index >= 15 is 0 Å². The van der Waals surface area contributed by atoms with Crippen LogP contribution in [0.2, 0.25) is 0 Å². The smallest absolute Gasteiger partial charge is 0.234 e. The zero-order valence-corrected chi connectivity index (χ0v) is 16.3. The van der Waals surface area contributed by atoms with Crippen LogP contribution in [0, 0.1) is 0 Å². The number of nitrogens with zero attached hydrogens (tertiary/aromatic N) is 1. The van der Waals surface area contributed by atoms with Gasteiger partial charge in [-0.15, -0.1) is 0 Å². The van der Waals surface area contributed by atoms with E-state index in [1.807, 2.05) is 54.6 Å². The van der Waals surface area contributed by atoms with Gasteiger partial charge in [0.2, 0.25) is 5.91 Å². The Bertz CT molecular complexity index is 996. The molecule has 3 aromatic carbocycles. The predicted octanol–water partition coefficient (Wildman–Crippen LogP) is 3.97. The van der Waals surface area contributed by atoms with Gasteiger partial charge in [-0.3, -0.25) is 9.80 Å². The molecule has 142 valence electrons. The van der Waals surface area contributed by atoms with E-state index in [4.69, 9.17) is 0 Å². The molecule has 0 aromatic heterocycles. The third-order valence-corrected chi connectivity index (χ3v) is 7.77. The molecule has 3 N–H and O–H groups in total. The molecule has 1 fully saturated rings. The van der Waals surface area contributed by atoms with Crippen LogP contribution in [0.25, 0.3) is 0 Å². The minimum atomic E-state index is -1.05. The second-order valence-corrected chi connectivity index (χ2v) is 8.99. The van der Waals surface area contributed by atoms with Crippen LogP contribution in [-0.4, -0.2) is 21.1 Å². The van der Waals surface area contributed by atoms with Crippen LogP contribution in [0.5, 0.6) is 11.5 Å². The molecule has 28 heavy (non-hydrogen) atoms. The van der Waals surface area contributed by atoms with Crippen LogP contribution in [0.3, 0.4) is 0 Å². The summed E-state index contributed by atoms with van der Waals surface area (Å²) in [6.07, 6.45) is 0. The van der Waals surface area contributed by atoms with Crippen LogP contribution in [0.4, 0.5) is 0 Å². The highest BCUT2D eigenvalue weighted by Crippen LogP contribution is 2.66. The Labute approximate surface area is 165 Å². The second kappa shape index (κ2) is 7.63. The lowest BCUT2D eigenvalue weighted by Crippen LogP contribution is -2.37. The number of hydrazine groups is 1. The molecule has 0 spiro atoms. The molecule has 6 heteroatoms. The lowest BCUT2D eigenvalue weighted by molar-refractivity contribution is -0.132. The molecule has 1 saturated heterocycles. The number of phenols is 2. The Morgan fingerprint density at radius 2 is 1.39 bits per heavy atom. The summed E-state index contributed by atoms with van der Waals surface area (Å²) < 4.78 is 0. The fourth-order valence-electron chi connectivity index (χ4n) is 3.62. The Hall–Kier alpha value is -2.88. The number of carbonyl (C=O) groups is 1. The van der Waals surface area contributed by atoms with Gasteiger partial charge in [0.15, 0.2) is 0 Å². The van der Waals surface area contributed by atoms with E-state index in [9.17, 15) is 15.0 Å². The minimum absolute atomic E-state index is 0.144. The highest BCUT2D eigenvalue weighted by molar-refractivity contribution is 7.66. The van der Waals surface area contributed by atoms with E-state index in [-0.39, 0.29) is 29.0 Å². The van der Waals surface area contributed by atoms with Crippen LogP contribution in [-0.2, 0) is 4.79 Å². The molecule has 5 nitrogen and oxygen atoms in total. The van der Waals surface area contributed by atoms with E-state index < -0.39 is 7.92 Å². The lowest BCUT2D eigenvalue weighted by Gasteiger charge is -2.28. The van der Waals surface area contributed by atoms with Gasteiger partial charge in [-0.25, -0.2) is 5.43 Å². The molecular formula is C22H21N2O3P. The summed E-state index contributed by atoms with van der Waals surface area (Å²) in [5.41, 5.74) is 4.74. The van der Waals surface area contributed by atoms with Crippen molar-refractivity contribution < 1.29 is 15.0 Å². The number of amides is 1. The zero-order valence-electron chi connectivity index (χ0n) is 15.4. The van der Waals surface area contributed by atoms with Crippen molar-refractivity contribution in [3.05, 3.63) is 90.0 Å². The minimum Gasteiger partial charge on any atom is -0.508 e. The highest BCUT2D eigenvalue weighted by Gasteiger charge is 2.46. The highest BCUT2D eigenvalue weighted by atomic mass is 31.1. The summed E-state index contributed by atoms with van der Waals surface area (Å²) in [5, 5.41) is 23.7. The van der Waals surface area contributed by atoms with Crippen LogP contribution < -0.4 is 10.7 Å². The van der Waals surface area contributed by atoms with Crippen molar-refractivity contribution in [3.63, 3.8) is 0 Å². The van der Waals surface area contributed by atoms with E-state index in [0.717, 1.165) is 10.9 Å². The molecule has 1 aliphatic rings. The van der Waals surface area contributed by atoms with Gasteiger partial charge < -0.3 is 10.2 Å². The van der Waals surface area contributed by atoms with Gasteiger partial charge >= 0.3 is 0 Å². The van der Waals surface area contributed by atoms with Crippen molar-refractivity contribution >= 4 is 19.1 Å². The average Bonchev–Trinajstić information content (AvgIpc) is 3.10. The number of phenolic OH excluding ortho intramolecular Hbond substituents is 2. The molecule has 0 bridgehead atoms. The number of rotatable bonds is 3. The third-order valence-electron chi connectivity index (χ3n) is 4.89. The summed E-state index contributed by atoms with van der Waals surface area (Å²) in [4.78, 5) is 12.5. The second-order valence-electron chi connectivity index (χ2n) is 6.65. The normalized spacial score (nSPS) is 21.6. The predicted molar refractivity (Wildman–Crippen MR) is 110 cm³/mol. The Balaban J connectivity index is 1.92. The van der Waals surface area contributed by atoms with Crippen molar-refractivity contribution in [3.8, 4) is 11.5 Å². The van der Waals surface area contributed by atoms with Gasteiger partial charge in [0.05, 0.1) is 5.78 Å². The average molecular weight is 392 g/mol. The maximum atomic E-state index is 12.5. The first-order valence-electron chi connectivity index (χ1n) is 9.03. The topological polar surface area (TPSA) is 72.8 Å². The number of carbonyl (C=O) groups excluding carboxylic acids is 1. The van der Waals surface area contributed by atoms with Gasteiger partial charge in [-0.05, 0) is 25.4 Å². The summed E-state index contributed by atoms with van der Waals surface area (Å²) in [6.45, 7) is 1.51. The first-order valence-corrected chi connectivity index (χ1v) is 10.5. The van der Waals surface area contributed by atoms with Crippen molar-refractivity contribution in [2.75, 3.05) is 0 Å². The van der Waals surface area contributed by atoms with Gasteiger partial charge in [-0.2, -0.15) is 0 Å². The molecule has 4 rings (SSSR count). The number of nitrogens with one attached hydrogen (secondary N) is 1. The number of para-hydroxylation sites is 2. The van der Waals surface area contributed by atoms with Crippen molar-refractivity contribution in [2.24, 2.45) is 0 Å². The fourth-order valence-corrected chi connectivity index (χ4v) is 6.76. The molecule has 3 atom stereocenters. The molecule has 1 amide bonds. The maximum absolute atomic E-state index is 12.5. The largest absolute Gasteiger partial charge is 0.508 e. The molecule has 1 heterocycles. The monoisotopic (exact) mass is 392 g/mol. The number of aromatic hydroxyl groups is 2. The molecule has 0 radical (unpaired) electrons. The van der Waals surface area contributed by atoms with Crippen molar-refractivity contribution in [2.45, 2.75) is 18.5 Å². The first kappa shape index (κ1) is 18.5. The van der Waals surface area contributed by atoms with Gasteiger partial charge in [0.1, 0.15) is 17.3 Å².